The molecule has 1 fully saturated rings. The number of carboxylic acid groups (broad SMARTS) is 1. The lowest BCUT2D eigenvalue weighted by atomic mass is 9.89. The molecule has 2 atom stereocenters. The zero-order chi connectivity index (χ0) is 17.1. The fraction of sp³-hybridized carbons (Fsp3) is 0.263. The second-order valence-electron chi connectivity index (χ2n) is 6.03. The van der Waals surface area contributed by atoms with Crippen molar-refractivity contribution < 1.29 is 14.7 Å². The molecule has 0 spiro atoms. The number of aliphatic carboxylic acids is 1. The summed E-state index contributed by atoms with van der Waals surface area (Å²) < 4.78 is 0.895. The van der Waals surface area contributed by atoms with E-state index in [9.17, 15) is 14.7 Å². The lowest BCUT2D eigenvalue weighted by molar-refractivity contribution is -0.141. The number of benzene rings is 2. The van der Waals surface area contributed by atoms with Gasteiger partial charge in [0.1, 0.15) is 0 Å². The number of nitrogens with zero attached hydrogens (tertiary/aromatic N) is 1. The summed E-state index contributed by atoms with van der Waals surface area (Å²) in [6.45, 7) is 0.711. The maximum atomic E-state index is 12.6. The molecule has 1 amide bonds. The molecule has 5 heteroatoms. The van der Waals surface area contributed by atoms with Crippen LogP contribution in [-0.2, 0) is 16.0 Å². The summed E-state index contributed by atoms with van der Waals surface area (Å²) in [7, 11) is 0. The van der Waals surface area contributed by atoms with Crippen LogP contribution in [0.2, 0.25) is 0 Å². The van der Waals surface area contributed by atoms with Gasteiger partial charge in [-0.25, -0.2) is 0 Å². The quantitative estimate of drug-likeness (QED) is 0.875. The van der Waals surface area contributed by atoms with Gasteiger partial charge in [-0.05, 0) is 17.2 Å². The van der Waals surface area contributed by atoms with Crippen LogP contribution in [0.15, 0.2) is 59.1 Å². The number of hydrogen-bond acceptors (Lipinski definition) is 2. The highest BCUT2D eigenvalue weighted by atomic mass is 79.9. The molecule has 24 heavy (non-hydrogen) atoms. The maximum absolute atomic E-state index is 12.6. The Labute approximate surface area is 149 Å². The van der Waals surface area contributed by atoms with Gasteiger partial charge in [0.25, 0.3) is 0 Å². The van der Waals surface area contributed by atoms with Gasteiger partial charge in [-0.15, -0.1) is 0 Å². The summed E-state index contributed by atoms with van der Waals surface area (Å²) >= 11 is 3.45. The van der Waals surface area contributed by atoms with Crippen molar-refractivity contribution in [2.75, 3.05) is 13.1 Å². The number of likely N-dealkylation sites (tertiary alicyclic amines) is 1. The Morgan fingerprint density at radius 1 is 1.04 bits per heavy atom. The standard InChI is InChI=1S/C19H18BrNO3/c20-17-9-5-4-8-14(17)10-18(22)21-11-15(16(12-21)19(23)24)13-6-2-1-3-7-13/h1-9,15-16H,10-12H2,(H,23,24)/t15-,16-/m1/s1. The Bertz CT molecular complexity index is 747. The molecule has 1 aliphatic rings. The van der Waals surface area contributed by atoms with Crippen LogP contribution in [-0.4, -0.2) is 35.0 Å². The Kier molecular flexibility index (Phi) is 5.00. The summed E-state index contributed by atoms with van der Waals surface area (Å²) in [6, 6.07) is 17.2. The molecular weight excluding hydrogens is 370 g/mol. The predicted molar refractivity (Wildman–Crippen MR) is 94.7 cm³/mol. The van der Waals surface area contributed by atoms with Gasteiger partial charge in [0.2, 0.25) is 5.91 Å². The van der Waals surface area contributed by atoms with E-state index in [0.717, 1.165) is 15.6 Å². The zero-order valence-electron chi connectivity index (χ0n) is 13.1. The van der Waals surface area contributed by atoms with Crippen LogP contribution >= 0.6 is 15.9 Å². The van der Waals surface area contributed by atoms with Crippen LogP contribution in [0.3, 0.4) is 0 Å². The van der Waals surface area contributed by atoms with E-state index >= 15 is 0 Å². The van der Waals surface area contributed by atoms with Crippen LogP contribution in [0.4, 0.5) is 0 Å². The Hall–Kier alpha value is -2.14. The molecule has 124 valence electrons. The number of amides is 1. The predicted octanol–water partition coefficient (Wildman–Crippen LogP) is 3.32. The van der Waals surface area contributed by atoms with Crippen molar-refractivity contribution in [3.8, 4) is 0 Å². The van der Waals surface area contributed by atoms with Gasteiger partial charge in [0.15, 0.2) is 0 Å². The first-order valence-corrected chi connectivity index (χ1v) is 8.64. The SMILES string of the molecule is O=C(O)[C@@H]1CN(C(=O)Cc2ccccc2Br)C[C@@H]1c1ccccc1. The molecule has 1 aliphatic heterocycles. The van der Waals surface area contributed by atoms with E-state index in [1.54, 1.807) is 4.90 Å². The normalized spacial score (nSPS) is 20.1. The molecule has 0 aromatic heterocycles. The topological polar surface area (TPSA) is 57.6 Å². The van der Waals surface area contributed by atoms with Crippen molar-refractivity contribution in [2.24, 2.45) is 5.92 Å². The van der Waals surface area contributed by atoms with E-state index in [1.807, 2.05) is 54.6 Å². The lowest BCUT2D eigenvalue weighted by Gasteiger charge is -2.17. The van der Waals surface area contributed by atoms with E-state index in [1.165, 1.54) is 0 Å². The molecule has 2 aromatic rings. The Balaban J connectivity index is 1.77. The smallest absolute Gasteiger partial charge is 0.308 e. The first-order chi connectivity index (χ1) is 11.6. The number of hydrogen-bond donors (Lipinski definition) is 1. The van der Waals surface area contributed by atoms with Gasteiger partial charge in [0.05, 0.1) is 12.3 Å². The van der Waals surface area contributed by atoms with Crippen LogP contribution in [0.1, 0.15) is 17.0 Å². The van der Waals surface area contributed by atoms with Gasteiger partial charge >= 0.3 is 5.97 Å². The summed E-state index contributed by atoms with van der Waals surface area (Å²) in [6.07, 6.45) is 0.273. The van der Waals surface area contributed by atoms with Crippen molar-refractivity contribution in [2.45, 2.75) is 12.3 Å². The van der Waals surface area contributed by atoms with E-state index in [0.29, 0.717) is 6.54 Å². The largest absolute Gasteiger partial charge is 0.481 e. The fourth-order valence-corrected chi connectivity index (χ4v) is 3.64. The molecule has 4 nitrogen and oxygen atoms in total. The average molecular weight is 388 g/mol. The highest BCUT2D eigenvalue weighted by Gasteiger charge is 2.40. The molecule has 0 aliphatic carbocycles. The van der Waals surface area contributed by atoms with E-state index in [4.69, 9.17) is 0 Å². The summed E-state index contributed by atoms with van der Waals surface area (Å²) in [4.78, 5) is 25.9. The van der Waals surface area contributed by atoms with E-state index in [-0.39, 0.29) is 24.8 Å². The molecule has 0 radical (unpaired) electrons. The van der Waals surface area contributed by atoms with Gasteiger partial charge in [-0.2, -0.15) is 0 Å². The lowest BCUT2D eigenvalue weighted by Crippen LogP contribution is -2.31. The Morgan fingerprint density at radius 3 is 2.38 bits per heavy atom. The number of carbonyl (C=O) groups is 2. The number of carboxylic acids is 1. The number of carbonyl (C=O) groups excluding carboxylic acids is 1. The van der Waals surface area contributed by atoms with Crippen LogP contribution in [0, 0.1) is 5.92 Å². The molecule has 0 saturated carbocycles. The molecule has 1 saturated heterocycles. The molecule has 1 heterocycles. The summed E-state index contributed by atoms with van der Waals surface area (Å²) in [5.41, 5.74) is 1.89. The van der Waals surface area contributed by atoms with Gasteiger partial charge < -0.3 is 10.0 Å². The van der Waals surface area contributed by atoms with Crippen molar-refractivity contribution >= 4 is 27.8 Å². The van der Waals surface area contributed by atoms with Crippen molar-refractivity contribution in [1.82, 2.24) is 4.90 Å². The first kappa shape index (κ1) is 16.7. The monoisotopic (exact) mass is 387 g/mol. The van der Waals surface area contributed by atoms with Crippen LogP contribution in [0.25, 0.3) is 0 Å². The Morgan fingerprint density at radius 2 is 1.71 bits per heavy atom. The van der Waals surface area contributed by atoms with E-state index in [2.05, 4.69) is 15.9 Å². The third kappa shape index (κ3) is 3.51. The first-order valence-electron chi connectivity index (χ1n) is 7.85. The second kappa shape index (κ2) is 7.18. The zero-order valence-corrected chi connectivity index (χ0v) is 14.6. The van der Waals surface area contributed by atoms with Gasteiger partial charge in [-0.3, -0.25) is 9.59 Å². The van der Waals surface area contributed by atoms with Gasteiger partial charge in [0, 0.05) is 23.5 Å². The summed E-state index contributed by atoms with van der Waals surface area (Å²) in [5.74, 6) is -1.60. The molecular formula is C19H18BrNO3. The van der Waals surface area contributed by atoms with Crippen molar-refractivity contribution in [3.05, 3.63) is 70.2 Å². The maximum Gasteiger partial charge on any atom is 0.308 e. The van der Waals surface area contributed by atoms with Crippen molar-refractivity contribution in [1.29, 1.82) is 0 Å². The third-order valence-corrected chi connectivity index (χ3v) is 5.29. The fourth-order valence-electron chi connectivity index (χ4n) is 3.21. The highest BCUT2D eigenvalue weighted by molar-refractivity contribution is 9.10. The summed E-state index contributed by atoms with van der Waals surface area (Å²) in [5, 5.41) is 9.53. The molecule has 1 N–H and O–H groups in total. The average Bonchev–Trinajstić information content (AvgIpc) is 3.03. The van der Waals surface area contributed by atoms with Crippen molar-refractivity contribution in [3.63, 3.8) is 0 Å². The highest BCUT2D eigenvalue weighted by Crippen LogP contribution is 2.33. The molecule has 0 bridgehead atoms. The minimum Gasteiger partial charge on any atom is -0.481 e. The minimum absolute atomic E-state index is 0.0356. The second-order valence-corrected chi connectivity index (χ2v) is 6.88. The van der Waals surface area contributed by atoms with Crippen LogP contribution < -0.4 is 0 Å². The minimum atomic E-state index is -0.847. The third-order valence-electron chi connectivity index (χ3n) is 4.52. The molecule has 0 unspecified atom stereocenters. The molecule has 3 rings (SSSR count). The number of halogens is 1. The number of rotatable bonds is 4. The van der Waals surface area contributed by atoms with Crippen LogP contribution in [0.5, 0.6) is 0 Å². The van der Waals surface area contributed by atoms with E-state index < -0.39 is 11.9 Å². The van der Waals surface area contributed by atoms with Gasteiger partial charge in [-0.1, -0.05) is 64.5 Å². The molecule has 2 aromatic carbocycles.